The van der Waals surface area contributed by atoms with Gasteiger partial charge in [0.05, 0.1) is 5.56 Å². The van der Waals surface area contributed by atoms with Gasteiger partial charge in [0.2, 0.25) is 0 Å². The van der Waals surface area contributed by atoms with Gasteiger partial charge in [-0.3, -0.25) is 4.79 Å². The van der Waals surface area contributed by atoms with Gasteiger partial charge in [0.25, 0.3) is 5.91 Å². The van der Waals surface area contributed by atoms with Crippen molar-refractivity contribution in [3.05, 3.63) is 23.8 Å². The van der Waals surface area contributed by atoms with Crippen LogP contribution in [0.4, 0.5) is 11.4 Å². The maximum atomic E-state index is 11.8. The lowest BCUT2D eigenvalue weighted by atomic mass is 10.1. The van der Waals surface area contributed by atoms with E-state index in [9.17, 15) is 4.79 Å². The van der Waals surface area contributed by atoms with Crippen molar-refractivity contribution in [3.8, 4) is 0 Å². The van der Waals surface area contributed by atoms with Crippen LogP contribution in [-0.2, 0) is 0 Å². The molecule has 0 spiro atoms. The standard InChI is InChI=1S/C11H17N3O/c1-11(2,3)14-10(15)8-5-4-7(12)6-9(8)13/h4-6H,12-13H2,1-3H3,(H,14,15). The first-order valence-electron chi connectivity index (χ1n) is 4.77. The molecule has 0 saturated carbocycles. The topological polar surface area (TPSA) is 81.1 Å². The van der Waals surface area contributed by atoms with Crippen molar-refractivity contribution in [2.45, 2.75) is 26.3 Å². The fraction of sp³-hybridized carbons (Fsp3) is 0.364. The highest BCUT2D eigenvalue weighted by Gasteiger charge is 2.16. The number of nitrogens with two attached hydrogens (primary N) is 2. The Balaban J connectivity index is 2.92. The molecule has 0 atom stereocenters. The first kappa shape index (κ1) is 11.4. The van der Waals surface area contributed by atoms with Crippen LogP contribution in [0, 0.1) is 0 Å². The van der Waals surface area contributed by atoms with Crippen LogP contribution in [0.15, 0.2) is 18.2 Å². The van der Waals surface area contributed by atoms with E-state index in [1.807, 2.05) is 20.8 Å². The molecule has 1 aromatic rings. The molecule has 15 heavy (non-hydrogen) atoms. The van der Waals surface area contributed by atoms with Crippen LogP contribution in [0.2, 0.25) is 0 Å². The molecule has 0 aliphatic rings. The van der Waals surface area contributed by atoms with Crippen molar-refractivity contribution in [2.75, 3.05) is 11.5 Å². The second-order valence-electron chi connectivity index (χ2n) is 4.55. The van der Waals surface area contributed by atoms with Gasteiger partial charge in [-0.2, -0.15) is 0 Å². The first-order valence-corrected chi connectivity index (χ1v) is 4.77. The van der Waals surface area contributed by atoms with Crippen LogP contribution in [0.3, 0.4) is 0 Å². The van der Waals surface area contributed by atoms with Crippen LogP contribution < -0.4 is 16.8 Å². The quantitative estimate of drug-likeness (QED) is 0.608. The second kappa shape index (κ2) is 3.81. The Bertz CT molecular complexity index is 380. The highest BCUT2D eigenvalue weighted by molar-refractivity contribution is 6.00. The predicted molar refractivity (Wildman–Crippen MR) is 62.5 cm³/mol. The molecule has 1 amide bonds. The molecular weight excluding hydrogens is 190 g/mol. The van der Waals surface area contributed by atoms with E-state index in [4.69, 9.17) is 11.5 Å². The molecule has 0 heterocycles. The maximum absolute atomic E-state index is 11.8. The number of carbonyl (C=O) groups is 1. The summed E-state index contributed by atoms with van der Waals surface area (Å²) in [5.41, 5.74) is 12.4. The smallest absolute Gasteiger partial charge is 0.253 e. The van der Waals surface area contributed by atoms with Gasteiger partial charge >= 0.3 is 0 Å². The molecule has 4 heteroatoms. The van der Waals surface area contributed by atoms with Gasteiger partial charge < -0.3 is 16.8 Å². The average molecular weight is 207 g/mol. The molecule has 4 nitrogen and oxygen atoms in total. The molecule has 0 bridgehead atoms. The van der Waals surface area contributed by atoms with Gasteiger partial charge in [0.15, 0.2) is 0 Å². The minimum Gasteiger partial charge on any atom is -0.399 e. The SMILES string of the molecule is CC(C)(C)NC(=O)c1ccc(N)cc1N. The third-order valence-electron chi connectivity index (χ3n) is 1.81. The summed E-state index contributed by atoms with van der Waals surface area (Å²) in [6, 6.07) is 4.87. The fourth-order valence-electron chi connectivity index (χ4n) is 1.20. The van der Waals surface area contributed by atoms with Crippen LogP contribution in [-0.4, -0.2) is 11.4 Å². The van der Waals surface area contributed by atoms with Gasteiger partial charge in [-0.15, -0.1) is 0 Å². The molecule has 5 N–H and O–H groups in total. The van der Waals surface area contributed by atoms with Gasteiger partial charge in [-0.1, -0.05) is 0 Å². The average Bonchev–Trinajstić information content (AvgIpc) is 1.99. The number of hydrogen-bond donors (Lipinski definition) is 3. The third-order valence-corrected chi connectivity index (χ3v) is 1.81. The largest absolute Gasteiger partial charge is 0.399 e. The lowest BCUT2D eigenvalue weighted by molar-refractivity contribution is 0.0920. The summed E-state index contributed by atoms with van der Waals surface area (Å²) in [6.07, 6.45) is 0. The highest BCUT2D eigenvalue weighted by Crippen LogP contribution is 2.16. The van der Waals surface area contributed by atoms with E-state index in [0.717, 1.165) is 0 Å². The molecule has 1 aromatic carbocycles. The Hall–Kier alpha value is -1.71. The monoisotopic (exact) mass is 207 g/mol. The van der Waals surface area contributed by atoms with Crippen molar-refractivity contribution < 1.29 is 4.79 Å². The number of carbonyl (C=O) groups excluding carboxylic acids is 1. The lowest BCUT2D eigenvalue weighted by Crippen LogP contribution is -2.40. The molecule has 0 aliphatic heterocycles. The van der Waals surface area contributed by atoms with Crippen molar-refractivity contribution in [1.29, 1.82) is 0 Å². The number of amides is 1. The molecular formula is C11H17N3O. The summed E-state index contributed by atoms with van der Waals surface area (Å²) in [4.78, 5) is 11.8. The first-order chi connectivity index (χ1) is 6.79. The molecule has 0 unspecified atom stereocenters. The number of nitrogen functional groups attached to an aromatic ring is 2. The fourth-order valence-corrected chi connectivity index (χ4v) is 1.20. The van der Waals surface area contributed by atoms with Crippen molar-refractivity contribution in [3.63, 3.8) is 0 Å². The molecule has 0 saturated heterocycles. The Morgan fingerprint density at radius 2 is 1.87 bits per heavy atom. The Morgan fingerprint density at radius 1 is 1.27 bits per heavy atom. The molecule has 0 fully saturated rings. The number of anilines is 2. The third kappa shape index (κ3) is 3.16. The number of hydrogen-bond acceptors (Lipinski definition) is 3. The van der Waals surface area contributed by atoms with E-state index in [1.54, 1.807) is 18.2 Å². The summed E-state index contributed by atoms with van der Waals surface area (Å²) >= 11 is 0. The Morgan fingerprint density at radius 3 is 2.33 bits per heavy atom. The Kier molecular flexibility index (Phi) is 2.88. The van der Waals surface area contributed by atoms with Crippen molar-refractivity contribution in [2.24, 2.45) is 0 Å². The summed E-state index contributed by atoms with van der Waals surface area (Å²) < 4.78 is 0. The predicted octanol–water partition coefficient (Wildman–Crippen LogP) is 1.38. The molecule has 0 aliphatic carbocycles. The van der Waals surface area contributed by atoms with Crippen LogP contribution in [0.25, 0.3) is 0 Å². The van der Waals surface area contributed by atoms with E-state index in [0.29, 0.717) is 16.9 Å². The van der Waals surface area contributed by atoms with Crippen LogP contribution in [0.1, 0.15) is 31.1 Å². The van der Waals surface area contributed by atoms with Crippen molar-refractivity contribution in [1.82, 2.24) is 5.32 Å². The summed E-state index contributed by atoms with van der Waals surface area (Å²) in [6.45, 7) is 5.75. The molecule has 0 aromatic heterocycles. The normalized spacial score (nSPS) is 11.1. The summed E-state index contributed by atoms with van der Waals surface area (Å²) in [7, 11) is 0. The van der Waals surface area contributed by atoms with Crippen LogP contribution >= 0.6 is 0 Å². The second-order valence-corrected chi connectivity index (χ2v) is 4.55. The van der Waals surface area contributed by atoms with Crippen molar-refractivity contribution >= 4 is 17.3 Å². The molecule has 82 valence electrons. The lowest BCUT2D eigenvalue weighted by Gasteiger charge is -2.21. The number of nitrogens with one attached hydrogen (secondary N) is 1. The van der Waals surface area contributed by atoms with E-state index < -0.39 is 0 Å². The zero-order valence-electron chi connectivity index (χ0n) is 9.29. The van der Waals surface area contributed by atoms with E-state index in [1.165, 1.54) is 0 Å². The number of benzene rings is 1. The molecule has 0 radical (unpaired) electrons. The van der Waals surface area contributed by atoms with Gasteiger partial charge in [-0.25, -0.2) is 0 Å². The minimum absolute atomic E-state index is 0.181. The molecule has 1 rings (SSSR count). The van der Waals surface area contributed by atoms with Crippen LogP contribution in [0.5, 0.6) is 0 Å². The van der Waals surface area contributed by atoms with Gasteiger partial charge in [0.1, 0.15) is 0 Å². The summed E-state index contributed by atoms with van der Waals surface area (Å²) in [5.74, 6) is -0.181. The number of rotatable bonds is 1. The van der Waals surface area contributed by atoms with E-state index in [-0.39, 0.29) is 11.4 Å². The van der Waals surface area contributed by atoms with Gasteiger partial charge in [-0.05, 0) is 39.0 Å². The Labute approximate surface area is 89.6 Å². The maximum Gasteiger partial charge on any atom is 0.253 e. The summed E-state index contributed by atoms with van der Waals surface area (Å²) in [5, 5.41) is 2.84. The zero-order chi connectivity index (χ0) is 11.6. The van der Waals surface area contributed by atoms with Gasteiger partial charge in [0, 0.05) is 16.9 Å². The van der Waals surface area contributed by atoms with E-state index >= 15 is 0 Å². The van der Waals surface area contributed by atoms with E-state index in [2.05, 4.69) is 5.32 Å². The highest BCUT2D eigenvalue weighted by atomic mass is 16.1. The minimum atomic E-state index is -0.273. The zero-order valence-corrected chi connectivity index (χ0v) is 9.29.